The Hall–Kier alpha value is -2.67. The van der Waals surface area contributed by atoms with E-state index in [1.54, 1.807) is 37.6 Å². The molecular formula is C20H25FN4O2. The molecule has 1 fully saturated rings. The lowest BCUT2D eigenvalue weighted by atomic mass is 10.2. The monoisotopic (exact) mass is 372 g/mol. The Bertz CT molecular complexity index is 746. The van der Waals surface area contributed by atoms with Crippen molar-refractivity contribution in [2.24, 2.45) is 0 Å². The fourth-order valence-electron chi connectivity index (χ4n) is 3.10. The molecule has 2 aromatic rings. The summed E-state index contributed by atoms with van der Waals surface area (Å²) in [6.45, 7) is 4.15. The van der Waals surface area contributed by atoms with E-state index in [0.29, 0.717) is 31.1 Å². The molecule has 1 aliphatic heterocycles. The molecule has 27 heavy (non-hydrogen) atoms. The zero-order chi connectivity index (χ0) is 19.1. The van der Waals surface area contributed by atoms with Crippen molar-refractivity contribution in [1.29, 1.82) is 0 Å². The summed E-state index contributed by atoms with van der Waals surface area (Å²) in [7, 11) is 1.67. The number of nitrogens with zero attached hydrogens (tertiary/aromatic N) is 3. The second-order valence-electron chi connectivity index (χ2n) is 6.46. The van der Waals surface area contributed by atoms with Crippen molar-refractivity contribution in [3.63, 3.8) is 0 Å². The Balaban J connectivity index is 1.55. The number of nitrogens with one attached hydrogen (secondary N) is 1. The SMILES string of the molecule is COCCCNc1cc(C(=O)N2CCN(c3ccc(F)cc3)CC2)ccn1. The maximum Gasteiger partial charge on any atom is 0.254 e. The molecule has 0 unspecified atom stereocenters. The summed E-state index contributed by atoms with van der Waals surface area (Å²) >= 11 is 0. The third kappa shape index (κ3) is 5.17. The van der Waals surface area contributed by atoms with Crippen LogP contribution in [0.2, 0.25) is 0 Å². The number of benzene rings is 1. The number of carbonyl (C=O) groups excluding carboxylic acids is 1. The number of rotatable bonds is 7. The van der Waals surface area contributed by atoms with E-state index in [9.17, 15) is 9.18 Å². The third-order valence-corrected chi connectivity index (χ3v) is 4.60. The fraction of sp³-hybridized carbons (Fsp3) is 0.400. The quantitative estimate of drug-likeness (QED) is 0.757. The zero-order valence-electron chi connectivity index (χ0n) is 15.5. The van der Waals surface area contributed by atoms with Crippen LogP contribution < -0.4 is 10.2 Å². The predicted molar refractivity (Wildman–Crippen MR) is 104 cm³/mol. The molecule has 1 amide bonds. The number of hydrogen-bond donors (Lipinski definition) is 1. The van der Waals surface area contributed by atoms with Gasteiger partial charge in [-0.05, 0) is 42.8 Å². The Morgan fingerprint density at radius 1 is 1.19 bits per heavy atom. The first-order valence-electron chi connectivity index (χ1n) is 9.16. The Kier molecular flexibility index (Phi) is 6.59. The van der Waals surface area contributed by atoms with Crippen LogP contribution in [0.4, 0.5) is 15.9 Å². The van der Waals surface area contributed by atoms with Crippen LogP contribution in [0.15, 0.2) is 42.6 Å². The average molecular weight is 372 g/mol. The zero-order valence-corrected chi connectivity index (χ0v) is 15.5. The summed E-state index contributed by atoms with van der Waals surface area (Å²) in [6.07, 6.45) is 2.53. The molecule has 1 aromatic carbocycles. The van der Waals surface area contributed by atoms with Crippen LogP contribution in [-0.2, 0) is 4.74 Å². The average Bonchev–Trinajstić information content (AvgIpc) is 2.72. The molecule has 0 aliphatic carbocycles. The minimum absolute atomic E-state index is 0.0103. The van der Waals surface area contributed by atoms with Crippen LogP contribution in [0.3, 0.4) is 0 Å². The van der Waals surface area contributed by atoms with Crippen molar-refractivity contribution in [3.8, 4) is 0 Å². The van der Waals surface area contributed by atoms with Gasteiger partial charge >= 0.3 is 0 Å². The number of halogens is 1. The van der Waals surface area contributed by atoms with Gasteiger partial charge in [0.05, 0.1) is 0 Å². The Morgan fingerprint density at radius 3 is 2.63 bits per heavy atom. The number of aromatic nitrogens is 1. The molecule has 1 N–H and O–H groups in total. The minimum Gasteiger partial charge on any atom is -0.385 e. The molecular weight excluding hydrogens is 347 g/mol. The number of piperazine rings is 1. The number of amides is 1. The van der Waals surface area contributed by atoms with E-state index in [-0.39, 0.29) is 11.7 Å². The van der Waals surface area contributed by atoms with Crippen molar-refractivity contribution in [3.05, 3.63) is 54.0 Å². The normalized spacial score (nSPS) is 14.3. The molecule has 0 spiro atoms. The maximum absolute atomic E-state index is 13.1. The molecule has 6 nitrogen and oxygen atoms in total. The highest BCUT2D eigenvalue weighted by Crippen LogP contribution is 2.18. The Morgan fingerprint density at radius 2 is 1.93 bits per heavy atom. The number of methoxy groups -OCH3 is 1. The number of ether oxygens (including phenoxy) is 1. The van der Waals surface area contributed by atoms with Crippen LogP contribution in [0.1, 0.15) is 16.8 Å². The van der Waals surface area contributed by atoms with E-state index in [1.165, 1.54) is 12.1 Å². The van der Waals surface area contributed by atoms with E-state index in [2.05, 4.69) is 15.2 Å². The summed E-state index contributed by atoms with van der Waals surface area (Å²) in [5.41, 5.74) is 1.62. The van der Waals surface area contributed by atoms with Gasteiger partial charge in [-0.2, -0.15) is 0 Å². The van der Waals surface area contributed by atoms with Gasteiger partial charge in [0, 0.05) is 63.9 Å². The molecule has 0 atom stereocenters. The lowest BCUT2D eigenvalue weighted by Crippen LogP contribution is -2.48. The van der Waals surface area contributed by atoms with Gasteiger partial charge in [-0.3, -0.25) is 4.79 Å². The van der Waals surface area contributed by atoms with E-state index >= 15 is 0 Å². The molecule has 0 saturated carbocycles. The largest absolute Gasteiger partial charge is 0.385 e. The molecule has 1 aliphatic rings. The van der Waals surface area contributed by atoms with Gasteiger partial charge in [0.2, 0.25) is 0 Å². The van der Waals surface area contributed by atoms with Gasteiger partial charge < -0.3 is 19.9 Å². The number of carbonyl (C=O) groups is 1. The van der Waals surface area contributed by atoms with Gasteiger partial charge in [0.15, 0.2) is 0 Å². The standard InChI is InChI=1S/C20H25FN4O2/c1-27-14-2-8-22-19-15-16(7-9-23-19)20(26)25-12-10-24(11-13-25)18-5-3-17(21)4-6-18/h3-7,9,15H,2,8,10-14H2,1H3,(H,22,23). The number of pyridine rings is 1. The lowest BCUT2D eigenvalue weighted by molar-refractivity contribution is 0.0746. The fourth-order valence-corrected chi connectivity index (χ4v) is 3.10. The van der Waals surface area contributed by atoms with Gasteiger partial charge in [-0.1, -0.05) is 0 Å². The second-order valence-corrected chi connectivity index (χ2v) is 6.46. The van der Waals surface area contributed by atoms with Crippen LogP contribution in [0.5, 0.6) is 0 Å². The molecule has 3 rings (SSSR count). The van der Waals surface area contributed by atoms with Gasteiger partial charge in [-0.15, -0.1) is 0 Å². The number of hydrogen-bond acceptors (Lipinski definition) is 5. The topological polar surface area (TPSA) is 57.7 Å². The molecule has 0 radical (unpaired) electrons. The van der Waals surface area contributed by atoms with Crippen molar-refractivity contribution < 1.29 is 13.9 Å². The molecule has 1 saturated heterocycles. The molecule has 0 bridgehead atoms. The minimum atomic E-state index is -0.239. The number of anilines is 2. The van der Waals surface area contributed by atoms with Gasteiger partial charge in [0.1, 0.15) is 11.6 Å². The second kappa shape index (κ2) is 9.32. The summed E-state index contributed by atoms with van der Waals surface area (Å²) in [5, 5.41) is 3.21. The van der Waals surface area contributed by atoms with Crippen molar-refractivity contribution in [1.82, 2.24) is 9.88 Å². The molecule has 144 valence electrons. The first kappa shape index (κ1) is 19.1. The molecule has 7 heteroatoms. The van der Waals surface area contributed by atoms with E-state index in [1.807, 2.05) is 4.90 Å². The lowest BCUT2D eigenvalue weighted by Gasteiger charge is -2.36. The smallest absolute Gasteiger partial charge is 0.254 e. The van der Waals surface area contributed by atoms with Crippen LogP contribution in [-0.4, -0.2) is 62.2 Å². The summed E-state index contributed by atoms with van der Waals surface area (Å²) in [5.74, 6) is 0.467. The first-order valence-corrected chi connectivity index (χ1v) is 9.16. The van der Waals surface area contributed by atoms with E-state index in [4.69, 9.17) is 4.74 Å². The van der Waals surface area contributed by atoms with Gasteiger partial charge in [-0.25, -0.2) is 9.37 Å². The molecule has 1 aromatic heterocycles. The Labute approximate surface area is 158 Å². The summed E-state index contributed by atoms with van der Waals surface area (Å²) in [6, 6.07) is 10.0. The highest BCUT2D eigenvalue weighted by molar-refractivity contribution is 5.95. The predicted octanol–water partition coefficient (Wildman–Crippen LogP) is 2.63. The third-order valence-electron chi connectivity index (χ3n) is 4.60. The van der Waals surface area contributed by atoms with E-state index in [0.717, 1.165) is 31.7 Å². The summed E-state index contributed by atoms with van der Waals surface area (Å²) < 4.78 is 18.1. The van der Waals surface area contributed by atoms with Crippen molar-refractivity contribution in [2.45, 2.75) is 6.42 Å². The van der Waals surface area contributed by atoms with Crippen LogP contribution in [0, 0.1) is 5.82 Å². The summed E-state index contributed by atoms with van der Waals surface area (Å²) in [4.78, 5) is 21.1. The van der Waals surface area contributed by atoms with Crippen molar-refractivity contribution in [2.75, 3.05) is 56.7 Å². The highest BCUT2D eigenvalue weighted by atomic mass is 19.1. The van der Waals surface area contributed by atoms with Crippen LogP contribution in [0.25, 0.3) is 0 Å². The first-order chi connectivity index (χ1) is 13.2. The molecule has 2 heterocycles. The maximum atomic E-state index is 13.1. The highest BCUT2D eigenvalue weighted by Gasteiger charge is 2.22. The van der Waals surface area contributed by atoms with Crippen molar-refractivity contribution >= 4 is 17.4 Å². The van der Waals surface area contributed by atoms with Crippen LogP contribution >= 0.6 is 0 Å². The van der Waals surface area contributed by atoms with E-state index < -0.39 is 0 Å². The van der Waals surface area contributed by atoms with Gasteiger partial charge in [0.25, 0.3) is 5.91 Å².